The summed E-state index contributed by atoms with van der Waals surface area (Å²) in [5.41, 5.74) is 3.49. The molecule has 0 saturated carbocycles. The van der Waals surface area contributed by atoms with Crippen molar-refractivity contribution in [3.05, 3.63) is 103 Å². The Bertz CT molecular complexity index is 1320. The van der Waals surface area contributed by atoms with Crippen LogP contribution in [0.4, 0.5) is 5.82 Å². The van der Waals surface area contributed by atoms with E-state index in [2.05, 4.69) is 20.4 Å². The maximum Gasteiger partial charge on any atom is 0.256 e. The van der Waals surface area contributed by atoms with E-state index in [0.717, 1.165) is 11.3 Å². The summed E-state index contributed by atoms with van der Waals surface area (Å²) in [6, 6.07) is 28.5. The molecule has 5 aromatic rings. The molecule has 30 heavy (non-hydrogen) atoms. The summed E-state index contributed by atoms with van der Waals surface area (Å²) in [7, 11) is 0. The van der Waals surface area contributed by atoms with Crippen LogP contribution in [0.2, 0.25) is 0 Å². The third kappa shape index (κ3) is 3.42. The standard InChI is InChI=1S/C24H17N5O/c30-24(18-12-6-2-7-13-18)27-23-21-20(16-29(28-21)19-14-8-3-9-15-19)25-22(26-23)17-10-4-1-5-11-17/h1-16H,(H,25,26,27,30). The van der Waals surface area contributed by atoms with E-state index in [1.54, 1.807) is 16.8 Å². The second-order valence-electron chi connectivity index (χ2n) is 6.73. The molecule has 6 heteroatoms. The van der Waals surface area contributed by atoms with Crippen LogP contribution in [0.5, 0.6) is 0 Å². The van der Waals surface area contributed by atoms with Crippen molar-refractivity contribution in [3.63, 3.8) is 0 Å². The van der Waals surface area contributed by atoms with Gasteiger partial charge in [-0.25, -0.2) is 14.6 Å². The third-order valence-corrected chi connectivity index (χ3v) is 4.68. The molecule has 0 aliphatic carbocycles. The van der Waals surface area contributed by atoms with Crippen LogP contribution >= 0.6 is 0 Å². The monoisotopic (exact) mass is 391 g/mol. The van der Waals surface area contributed by atoms with Gasteiger partial charge in [-0.1, -0.05) is 66.7 Å². The first-order valence-electron chi connectivity index (χ1n) is 9.52. The number of carbonyl (C=O) groups excluding carboxylic acids is 1. The molecule has 1 amide bonds. The average molecular weight is 391 g/mol. The number of amides is 1. The Balaban J connectivity index is 1.64. The number of rotatable bonds is 4. The summed E-state index contributed by atoms with van der Waals surface area (Å²) < 4.78 is 1.74. The molecule has 2 heterocycles. The van der Waals surface area contributed by atoms with Crippen LogP contribution in [0.3, 0.4) is 0 Å². The van der Waals surface area contributed by atoms with Gasteiger partial charge in [0.1, 0.15) is 5.52 Å². The number of nitrogens with one attached hydrogen (secondary N) is 1. The van der Waals surface area contributed by atoms with Crippen LogP contribution in [-0.2, 0) is 0 Å². The first kappa shape index (κ1) is 17.8. The van der Waals surface area contributed by atoms with E-state index in [1.807, 2.05) is 85.1 Å². The number of benzene rings is 3. The number of carbonyl (C=O) groups is 1. The molecule has 3 aromatic carbocycles. The predicted octanol–water partition coefficient (Wildman–Crippen LogP) is 4.73. The molecule has 6 nitrogen and oxygen atoms in total. The fourth-order valence-electron chi connectivity index (χ4n) is 3.20. The Labute approximate surface area is 172 Å². The number of hydrogen-bond donors (Lipinski definition) is 1. The molecule has 144 valence electrons. The van der Waals surface area contributed by atoms with Crippen molar-refractivity contribution in [2.24, 2.45) is 0 Å². The predicted molar refractivity (Wildman–Crippen MR) is 116 cm³/mol. The van der Waals surface area contributed by atoms with Crippen LogP contribution in [-0.4, -0.2) is 25.7 Å². The summed E-state index contributed by atoms with van der Waals surface area (Å²) in [6.45, 7) is 0. The molecule has 0 fully saturated rings. The Morgan fingerprint density at radius 2 is 1.40 bits per heavy atom. The number of anilines is 1. The van der Waals surface area contributed by atoms with Crippen LogP contribution in [0, 0.1) is 0 Å². The lowest BCUT2D eigenvalue weighted by molar-refractivity contribution is 0.102. The molecule has 0 atom stereocenters. The van der Waals surface area contributed by atoms with Gasteiger partial charge in [0, 0.05) is 11.1 Å². The van der Waals surface area contributed by atoms with Crippen molar-refractivity contribution in [1.29, 1.82) is 0 Å². The lowest BCUT2D eigenvalue weighted by Crippen LogP contribution is -2.14. The maximum atomic E-state index is 12.8. The smallest absolute Gasteiger partial charge is 0.256 e. The van der Waals surface area contributed by atoms with Crippen molar-refractivity contribution >= 4 is 22.8 Å². The summed E-state index contributed by atoms with van der Waals surface area (Å²) in [6.07, 6.45) is 1.84. The van der Waals surface area contributed by atoms with Gasteiger partial charge < -0.3 is 5.32 Å². The lowest BCUT2D eigenvalue weighted by Gasteiger charge is -2.07. The number of para-hydroxylation sites is 1. The summed E-state index contributed by atoms with van der Waals surface area (Å²) in [5, 5.41) is 7.55. The Morgan fingerprint density at radius 3 is 2.10 bits per heavy atom. The van der Waals surface area contributed by atoms with E-state index in [4.69, 9.17) is 0 Å². The molecule has 1 N–H and O–H groups in total. The van der Waals surface area contributed by atoms with E-state index in [1.165, 1.54) is 0 Å². The van der Waals surface area contributed by atoms with Crippen LogP contribution < -0.4 is 5.32 Å². The minimum Gasteiger partial charge on any atom is -0.305 e. The van der Waals surface area contributed by atoms with Gasteiger partial charge in [-0.3, -0.25) is 4.79 Å². The van der Waals surface area contributed by atoms with Gasteiger partial charge in [0.2, 0.25) is 0 Å². The zero-order valence-electron chi connectivity index (χ0n) is 15.9. The lowest BCUT2D eigenvalue weighted by atomic mass is 10.2. The van der Waals surface area contributed by atoms with E-state index >= 15 is 0 Å². The molecule has 0 bridgehead atoms. The first-order chi connectivity index (χ1) is 14.8. The highest BCUT2D eigenvalue weighted by Gasteiger charge is 2.16. The Kier molecular flexibility index (Phi) is 4.50. The van der Waals surface area contributed by atoms with Gasteiger partial charge >= 0.3 is 0 Å². The highest BCUT2D eigenvalue weighted by molar-refractivity contribution is 6.07. The van der Waals surface area contributed by atoms with Gasteiger partial charge in [0.05, 0.1) is 11.9 Å². The minimum absolute atomic E-state index is 0.246. The summed E-state index contributed by atoms with van der Waals surface area (Å²) >= 11 is 0. The van der Waals surface area contributed by atoms with Crippen molar-refractivity contribution < 1.29 is 4.79 Å². The van der Waals surface area contributed by atoms with Crippen LogP contribution in [0.1, 0.15) is 10.4 Å². The Hall–Kier alpha value is -4.32. The molecule has 0 saturated heterocycles. The van der Waals surface area contributed by atoms with Gasteiger partial charge in [-0.05, 0) is 24.3 Å². The first-order valence-corrected chi connectivity index (χ1v) is 9.52. The van der Waals surface area contributed by atoms with Gasteiger partial charge in [0.15, 0.2) is 17.2 Å². The van der Waals surface area contributed by atoms with E-state index in [-0.39, 0.29) is 5.91 Å². The molecule has 5 rings (SSSR count). The largest absolute Gasteiger partial charge is 0.305 e. The number of hydrogen-bond acceptors (Lipinski definition) is 4. The van der Waals surface area contributed by atoms with E-state index in [0.29, 0.717) is 28.2 Å². The molecular formula is C24H17N5O. The van der Waals surface area contributed by atoms with Crippen molar-refractivity contribution in [1.82, 2.24) is 19.7 Å². The fourth-order valence-corrected chi connectivity index (χ4v) is 3.20. The van der Waals surface area contributed by atoms with E-state index < -0.39 is 0 Å². The number of fused-ring (bicyclic) bond motifs is 1. The second kappa shape index (κ2) is 7.60. The quantitative estimate of drug-likeness (QED) is 0.480. The topological polar surface area (TPSA) is 72.7 Å². The fraction of sp³-hybridized carbons (Fsp3) is 0. The third-order valence-electron chi connectivity index (χ3n) is 4.68. The second-order valence-corrected chi connectivity index (χ2v) is 6.73. The normalized spacial score (nSPS) is 10.8. The SMILES string of the molecule is O=C(Nc1nc(-c2ccccc2)nc2cn(-c3ccccc3)nc12)c1ccccc1. The molecule has 0 spiro atoms. The van der Waals surface area contributed by atoms with Crippen LogP contribution in [0.25, 0.3) is 28.1 Å². The minimum atomic E-state index is -0.246. The summed E-state index contributed by atoms with van der Waals surface area (Å²) in [4.78, 5) is 22.1. The molecule has 0 aliphatic rings. The number of nitrogens with zero attached hydrogens (tertiary/aromatic N) is 4. The van der Waals surface area contributed by atoms with Crippen molar-refractivity contribution in [2.45, 2.75) is 0 Å². The van der Waals surface area contributed by atoms with Crippen molar-refractivity contribution in [2.75, 3.05) is 5.32 Å². The highest BCUT2D eigenvalue weighted by Crippen LogP contribution is 2.25. The van der Waals surface area contributed by atoms with Crippen molar-refractivity contribution in [3.8, 4) is 17.1 Å². The highest BCUT2D eigenvalue weighted by atomic mass is 16.1. The van der Waals surface area contributed by atoms with E-state index in [9.17, 15) is 4.79 Å². The Morgan fingerprint density at radius 1 is 0.767 bits per heavy atom. The van der Waals surface area contributed by atoms with Gasteiger partial charge in [-0.15, -0.1) is 0 Å². The molecule has 0 radical (unpaired) electrons. The van der Waals surface area contributed by atoms with Gasteiger partial charge in [-0.2, -0.15) is 5.10 Å². The van der Waals surface area contributed by atoms with Gasteiger partial charge in [0.25, 0.3) is 5.91 Å². The molecule has 0 unspecified atom stereocenters. The zero-order chi connectivity index (χ0) is 20.3. The molecule has 2 aromatic heterocycles. The zero-order valence-corrected chi connectivity index (χ0v) is 15.9. The molecular weight excluding hydrogens is 374 g/mol. The average Bonchev–Trinajstić information content (AvgIpc) is 3.25. The number of aromatic nitrogens is 4. The molecule has 0 aliphatic heterocycles. The maximum absolute atomic E-state index is 12.8. The summed E-state index contributed by atoms with van der Waals surface area (Å²) in [5.74, 6) is 0.658. The van der Waals surface area contributed by atoms with Crippen LogP contribution in [0.15, 0.2) is 97.2 Å².